The van der Waals surface area contributed by atoms with E-state index in [1.165, 1.54) is 0 Å². The van der Waals surface area contributed by atoms with Crippen molar-refractivity contribution in [1.82, 2.24) is 24.2 Å². The molecule has 0 unspecified atom stereocenters. The van der Waals surface area contributed by atoms with Crippen LogP contribution in [0.4, 0.5) is 5.69 Å². The monoisotopic (exact) mass is 418 g/mol. The number of rotatable bonds is 4. The summed E-state index contributed by atoms with van der Waals surface area (Å²) in [4.78, 5) is 32.1. The number of carbonyl (C=O) groups is 1. The van der Waals surface area contributed by atoms with Crippen LogP contribution in [0.15, 0.2) is 47.5 Å². The topological polar surface area (TPSA) is 85.1 Å². The summed E-state index contributed by atoms with van der Waals surface area (Å²) in [7, 11) is 1.84. The van der Waals surface area contributed by atoms with Crippen LogP contribution in [0.2, 0.25) is 0 Å². The highest BCUT2D eigenvalue weighted by atomic mass is 16.2. The van der Waals surface area contributed by atoms with E-state index in [-0.39, 0.29) is 17.4 Å². The van der Waals surface area contributed by atoms with E-state index in [0.29, 0.717) is 19.0 Å². The van der Waals surface area contributed by atoms with E-state index in [4.69, 9.17) is 0 Å². The summed E-state index contributed by atoms with van der Waals surface area (Å²) in [6.45, 7) is 4.51. The second-order valence-corrected chi connectivity index (χ2v) is 8.68. The minimum absolute atomic E-state index is 0.0318. The van der Waals surface area contributed by atoms with Crippen LogP contribution in [0.25, 0.3) is 11.3 Å². The number of nitrogens with zero attached hydrogens (tertiary/aromatic N) is 5. The fourth-order valence-corrected chi connectivity index (χ4v) is 4.98. The number of carbonyl (C=O) groups excluding carboxylic acids is 1. The number of anilines is 1. The number of likely N-dealkylation sites (tertiary alicyclic amines) is 1. The summed E-state index contributed by atoms with van der Waals surface area (Å²) in [5, 5.41) is 7.25. The number of piperidine rings is 1. The molecule has 1 saturated heterocycles. The molecule has 0 spiro atoms. The molecule has 0 radical (unpaired) electrons. The van der Waals surface area contributed by atoms with E-state index in [0.717, 1.165) is 47.8 Å². The third-order valence-electron chi connectivity index (χ3n) is 6.25. The molecule has 1 N–H and O–H groups in total. The van der Waals surface area contributed by atoms with E-state index in [1.54, 1.807) is 16.9 Å². The van der Waals surface area contributed by atoms with Crippen molar-refractivity contribution < 1.29 is 4.79 Å². The zero-order valence-corrected chi connectivity index (χ0v) is 17.8. The Morgan fingerprint density at radius 3 is 2.84 bits per heavy atom. The van der Waals surface area contributed by atoms with E-state index >= 15 is 0 Å². The maximum atomic E-state index is 12.8. The molecule has 0 aliphatic carbocycles. The van der Waals surface area contributed by atoms with Gasteiger partial charge in [-0.3, -0.25) is 24.2 Å². The number of fused-ring (bicyclic) bond motifs is 4. The number of nitrogens with one attached hydrogen (secondary N) is 1. The van der Waals surface area contributed by atoms with Crippen molar-refractivity contribution in [3.8, 4) is 11.3 Å². The van der Waals surface area contributed by atoms with Crippen LogP contribution in [-0.4, -0.2) is 49.8 Å². The van der Waals surface area contributed by atoms with Crippen LogP contribution in [0.1, 0.15) is 23.7 Å². The Hall–Kier alpha value is -3.26. The molecule has 1 fully saturated rings. The van der Waals surface area contributed by atoms with Gasteiger partial charge in [0.05, 0.1) is 23.6 Å². The standard InChI is InChI=1S/C23H26N6O2/c1-15-20(13-27(2)26-15)25-22(30)14-28-10-16-7-18(12-28)21-8-17(9-23(31)29(21)11-16)19-5-3-4-6-24-19/h3-6,8-9,13,16,18H,7,10-12,14H2,1-2H3,(H,25,30)/t16-,18+/m0/s1. The Morgan fingerprint density at radius 1 is 1.23 bits per heavy atom. The first-order valence-electron chi connectivity index (χ1n) is 10.6. The van der Waals surface area contributed by atoms with Gasteiger partial charge in [0, 0.05) is 62.3 Å². The second-order valence-electron chi connectivity index (χ2n) is 8.68. The molecular weight excluding hydrogens is 392 g/mol. The van der Waals surface area contributed by atoms with Crippen LogP contribution in [0.5, 0.6) is 0 Å². The highest BCUT2D eigenvalue weighted by molar-refractivity contribution is 5.92. The van der Waals surface area contributed by atoms with E-state index in [9.17, 15) is 9.59 Å². The lowest BCUT2D eigenvalue weighted by Crippen LogP contribution is -2.49. The van der Waals surface area contributed by atoms with Crippen molar-refractivity contribution >= 4 is 11.6 Å². The average Bonchev–Trinajstić information content (AvgIpc) is 3.05. The number of amides is 1. The van der Waals surface area contributed by atoms with Gasteiger partial charge in [0.2, 0.25) is 5.91 Å². The Labute approximate surface area is 180 Å². The molecule has 1 amide bonds. The molecule has 5 heterocycles. The predicted octanol–water partition coefficient (Wildman–Crippen LogP) is 2.01. The number of hydrogen-bond acceptors (Lipinski definition) is 5. The molecule has 8 heteroatoms. The van der Waals surface area contributed by atoms with Crippen molar-refractivity contribution in [3.63, 3.8) is 0 Å². The molecule has 2 atom stereocenters. The van der Waals surface area contributed by atoms with Crippen molar-refractivity contribution in [3.05, 3.63) is 64.5 Å². The quantitative estimate of drug-likeness (QED) is 0.701. The maximum absolute atomic E-state index is 12.8. The van der Waals surface area contributed by atoms with Crippen molar-refractivity contribution in [2.45, 2.75) is 25.8 Å². The molecule has 0 aromatic carbocycles. The number of hydrogen-bond donors (Lipinski definition) is 1. The van der Waals surface area contributed by atoms with E-state index < -0.39 is 0 Å². The molecular formula is C23H26N6O2. The molecule has 0 saturated carbocycles. The number of aromatic nitrogens is 4. The normalized spacial score (nSPS) is 20.3. The summed E-state index contributed by atoms with van der Waals surface area (Å²) in [5.74, 6) is 0.574. The van der Waals surface area contributed by atoms with E-state index in [1.807, 2.05) is 42.9 Å². The number of aryl methyl sites for hydroxylation is 2. The van der Waals surface area contributed by atoms with Gasteiger partial charge in [-0.15, -0.1) is 0 Å². The third kappa shape index (κ3) is 3.90. The van der Waals surface area contributed by atoms with Crippen LogP contribution >= 0.6 is 0 Å². The Bertz CT molecular complexity index is 1180. The smallest absolute Gasteiger partial charge is 0.251 e. The van der Waals surface area contributed by atoms with E-state index in [2.05, 4.69) is 26.4 Å². The SMILES string of the molecule is Cc1nn(C)cc1NC(=O)CN1C[C@@H]2C[C@H](C1)c1cc(-c3ccccn3)cc(=O)n1C2. The zero-order valence-electron chi connectivity index (χ0n) is 17.8. The average molecular weight is 419 g/mol. The van der Waals surface area contributed by atoms with Gasteiger partial charge in [-0.1, -0.05) is 6.07 Å². The summed E-state index contributed by atoms with van der Waals surface area (Å²) >= 11 is 0. The van der Waals surface area contributed by atoms with Crippen LogP contribution < -0.4 is 10.9 Å². The molecule has 2 aliphatic rings. The molecule has 3 aromatic heterocycles. The van der Waals surface area contributed by atoms with Crippen molar-refractivity contribution in [1.29, 1.82) is 0 Å². The van der Waals surface area contributed by atoms with Gasteiger partial charge in [-0.25, -0.2) is 0 Å². The summed E-state index contributed by atoms with van der Waals surface area (Å²) in [5.41, 5.74) is 4.31. The van der Waals surface area contributed by atoms with Crippen molar-refractivity contribution in [2.24, 2.45) is 13.0 Å². The Kier molecular flexibility index (Phi) is 4.94. The van der Waals surface area contributed by atoms with Gasteiger partial charge in [0.25, 0.3) is 5.56 Å². The fraction of sp³-hybridized carbons (Fsp3) is 0.391. The first-order valence-corrected chi connectivity index (χ1v) is 10.6. The lowest BCUT2D eigenvalue weighted by molar-refractivity contribution is -0.118. The highest BCUT2D eigenvalue weighted by Crippen LogP contribution is 2.36. The van der Waals surface area contributed by atoms with Crippen LogP contribution in [-0.2, 0) is 18.4 Å². The second kappa shape index (κ2) is 7.77. The fourth-order valence-electron chi connectivity index (χ4n) is 4.98. The highest BCUT2D eigenvalue weighted by Gasteiger charge is 2.35. The van der Waals surface area contributed by atoms with Gasteiger partial charge in [0.1, 0.15) is 0 Å². The molecule has 8 nitrogen and oxygen atoms in total. The minimum Gasteiger partial charge on any atom is -0.322 e. The summed E-state index contributed by atoms with van der Waals surface area (Å²) in [6.07, 6.45) is 4.61. The van der Waals surface area contributed by atoms with Gasteiger partial charge in [0.15, 0.2) is 0 Å². The van der Waals surface area contributed by atoms with Gasteiger partial charge in [-0.2, -0.15) is 5.10 Å². The van der Waals surface area contributed by atoms with Crippen LogP contribution in [0.3, 0.4) is 0 Å². The lowest BCUT2D eigenvalue weighted by Gasteiger charge is -2.42. The Balaban J connectivity index is 1.35. The summed E-state index contributed by atoms with van der Waals surface area (Å²) < 4.78 is 3.62. The van der Waals surface area contributed by atoms with Crippen molar-refractivity contribution in [2.75, 3.05) is 25.0 Å². The van der Waals surface area contributed by atoms with Crippen LogP contribution in [0, 0.1) is 12.8 Å². The summed E-state index contributed by atoms with van der Waals surface area (Å²) in [6, 6.07) is 9.52. The third-order valence-corrected chi connectivity index (χ3v) is 6.25. The predicted molar refractivity (Wildman–Crippen MR) is 118 cm³/mol. The largest absolute Gasteiger partial charge is 0.322 e. The van der Waals surface area contributed by atoms with Gasteiger partial charge >= 0.3 is 0 Å². The van der Waals surface area contributed by atoms with Gasteiger partial charge in [-0.05, 0) is 37.5 Å². The zero-order chi connectivity index (χ0) is 21.5. The number of pyridine rings is 2. The first-order chi connectivity index (χ1) is 15.0. The Morgan fingerprint density at radius 2 is 2.10 bits per heavy atom. The maximum Gasteiger partial charge on any atom is 0.251 e. The molecule has 2 bridgehead atoms. The lowest BCUT2D eigenvalue weighted by atomic mass is 9.82. The molecule has 3 aromatic rings. The molecule has 2 aliphatic heterocycles. The minimum atomic E-state index is -0.0318. The first kappa shape index (κ1) is 19.7. The molecule has 31 heavy (non-hydrogen) atoms. The molecule has 5 rings (SSSR count). The van der Waals surface area contributed by atoms with Gasteiger partial charge < -0.3 is 9.88 Å². The molecule has 160 valence electrons.